The number of hydrogen-bond acceptors (Lipinski definition) is 6. The van der Waals surface area contributed by atoms with Crippen molar-refractivity contribution in [3.63, 3.8) is 0 Å². The molecule has 1 amide bonds. The Kier molecular flexibility index (Phi) is 6.72. The first-order valence-corrected chi connectivity index (χ1v) is 8.33. The summed E-state index contributed by atoms with van der Waals surface area (Å²) in [6, 6.07) is 7.07. The Bertz CT molecular complexity index is 702. The zero-order chi connectivity index (χ0) is 17.5. The number of nitrogens with zero attached hydrogens (tertiary/aromatic N) is 2. The van der Waals surface area contributed by atoms with Gasteiger partial charge in [-0.3, -0.25) is 9.59 Å². The summed E-state index contributed by atoms with van der Waals surface area (Å²) in [5, 5.41) is 2.96. The maximum Gasteiger partial charge on any atom is 0.325 e. The number of benzene rings is 1. The quantitative estimate of drug-likeness (QED) is 0.703. The number of aromatic nitrogens is 1. The van der Waals surface area contributed by atoms with Gasteiger partial charge in [0, 0.05) is 24.1 Å². The average molecular weight is 369 g/mol. The second-order valence-corrected chi connectivity index (χ2v) is 6.30. The number of methoxy groups -OCH3 is 2. The first-order valence-electron chi connectivity index (χ1n) is 7.07. The molecule has 0 fully saturated rings. The van der Waals surface area contributed by atoms with Crippen LogP contribution < -0.4 is 0 Å². The molecule has 0 saturated heterocycles. The molecule has 2 aromatic rings. The van der Waals surface area contributed by atoms with Crippen LogP contribution in [-0.4, -0.2) is 42.5 Å². The number of rotatable bonds is 7. The van der Waals surface area contributed by atoms with E-state index in [1.807, 2.05) is 0 Å². The second-order valence-electron chi connectivity index (χ2n) is 4.92. The van der Waals surface area contributed by atoms with Gasteiger partial charge in [-0.25, -0.2) is 4.98 Å². The van der Waals surface area contributed by atoms with Crippen LogP contribution in [0.2, 0.25) is 5.02 Å². The van der Waals surface area contributed by atoms with Crippen LogP contribution in [0.1, 0.15) is 21.1 Å². The highest BCUT2D eigenvalue weighted by Crippen LogP contribution is 2.16. The summed E-state index contributed by atoms with van der Waals surface area (Å²) in [7, 11) is 2.85. The Morgan fingerprint density at radius 1 is 1.25 bits per heavy atom. The third-order valence-corrected chi connectivity index (χ3v) is 4.23. The van der Waals surface area contributed by atoms with E-state index in [1.54, 1.807) is 36.8 Å². The lowest BCUT2D eigenvalue weighted by Crippen LogP contribution is -2.36. The van der Waals surface area contributed by atoms with Crippen LogP contribution in [0.5, 0.6) is 0 Å². The van der Waals surface area contributed by atoms with Crippen LogP contribution in [0.3, 0.4) is 0 Å². The average Bonchev–Trinajstić information content (AvgIpc) is 3.04. The van der Waals surface area contributed by atoms with Crippen molar-refractivity contribution < 1.29 is 19.1 Å². The monoisotopic (exact) mass is 368 g/mol. The summed E-state index contributed by atoms with van der Waals surface area (Å²) in [6.07, 6.45) is 0. The third kappa shape index (κ3) is 5.02. The van der Waals surface area contributed by atoms with Crippen LogP contribution in [0, 0.1) is 0 Å². The SMILES string of the molecule is COCc1nc(C(=O)N(CC(=O)OC)Cc2ccc(Cl)cc2)cs1. The number of thiazole rings is 1. The van der Waals surface area contributed by atoms with E-state index < -0.39 is 5.97 Å². The molecule has 1 aromatic carbocycles. The van der Waals surface area contributed by atoms with E-state index in [4.69, 9.17) is 16.3 Å². The van der Waals surface area contributed by atoms with Crippen molar-refractivity contribution in [1.82, 2.24) is 9.88 Å². The van der Waals surface area contributed by atoms with Gasteiger partial charge in [0.05, 0.1) is 13.7 Å². The number of esters is 1. The van der Waals surface area contributed by atoms with Crippen LogP contribution in [-0.2, 0) is 27.4 Å². The minimum absolute atomic E-state index is 0.158. The van der Waals surface area contributed by atoms with Gasteiger partial charge in [0.15, 0.2) is 0 Å². The van der Waals surface area contributed by atoms with Gasteiger partial charge in [-0.2, -0.15) is 0 Å². The number of carbonyl (C=O) groups is 2. The number of hydrogen-bond donors (Lipinski definition) is 0. The molecular formula is C16H17ClN2O4S. The molecule has 6 nitrogen and oxygen atoms in total. The molecular weight excluding hydrogens is 352 g/mol. The van der Waals surface area contributed by atoms with Crippen LogP contribution >= 0.6 is 22.9 Å². The van der Waals surface area contributed by atoms with Crippen molar-refractivity contribution in [3.8, 4) is 0 Å². The maximum atomic E-state index is 12.7. The van der Waals surface area contributed by atoms with Crippen LogP contribution in [0.15, 0.2) is 29.6 Å². The Morgan fingerprint density at radius 3 is 2.58 bits per heavy atom. The molecule has 0 radical (unpaired) electrons. The number of carbonyl (C=O) groups excluding carboxylic acids is 2. The van der Waals surface area contributed by atoms with Gasteiger partial charge < -0.3 is 14.4 Å². The molecule has 24 heavy (non-hydrogen) atoms. The zero-order valence-corrected chi connectivity index (χ0v) is 14.9. The van der Waals surface area contributed by atoms with E-state index in [2.05, 4.69) is 9.72 Å². The summed E-state index contributed by atoms with van der Waals surface area (Å²) in [6.45, 7) is 0.434. The summed E-state index contributed by atoms with van der Waals surface area (Å²) in [5.74, 6) is -0.835. The molecule has 0 bridgehead atoms. The highest BCUT2D eigenvalue weighted by Gasteiger charge is 2.22. The third-order valence-electron chi connectivity index (χ3n) is 3.16. The topological polar surface area (TPSA) is 68.7 Å². The Morgan fingerprint density at radius 2 is 1.96 bits per heavy atom. The minimum Gasteiger partial charge on any atom is -0.468 e. The van der Waals surface area contributed by atoms with E-state index in [0.29, 0.717) is 16.6 Å². The standard InChI is InChI=1S/C16H17ClN2O4S/c1-22-9-14-18-13(10-24-14)16(21)19(8-15(20)23-2)7-11-3-5-12(17)6-4-11/h3-6,10H,7-9H2,1-2H3. The van der Waals surface area contributed by atoms with Gasteiger partial charge in [0.1, 0.15) is 17.2 Å². The molecule has 0 aliphatic rings. The van der Waals surface area contributed by atoms with E-state index in [1.165, 1.54) is 23.3 Å². The Labute approximate surface area is 149 Å². The van der Waals surface area contributed by atoms with Crippen LogP contribution in [0.25, 0.3) is 0 Å². The first kappa shape index (κ1) is 18.4. The zero-order valence-electron chi connectivity index (χ0n) is 13.3. The lowest BCUT2D eigenvalue weighted by Gasteiger charge is -2.20. The molecule has 0 aliphatic heterocycles. The lowest BCUT2D eigenvalue weighted by atomic mass is 10.2. The molecule has 0 saturated carbocycles. The number of halogens is 1. The van der Waals surface area contributed by atoms with Gasteiger partial charge in [0.25, 0.3) is 5.91 Å². The lowest BCUT2D eigenvalue weighted by molar-refractivity contribution is -0.141. The van der Waals surface area contributed by atoms with Gasteiger partial charge in [0.2, 0.25) is 0 Å². The fourth-order valence-electron chi connectivity index (χ4n) is 1.99. The highest BCUT2D eigenvalue weighted by molar-refractivity contribution is 7.09. The van der Waals surface area contributed by atoms with E-state index in [-0.39, 0.29) is 24.7 Å². The normalized spacial score (nSPS) is 10.5. The summed E-state index contributed by atoms with van der Waals surface area (Å²) in [5.41, 5.74) is 1.13. The maximum absolute atomic E-state index is 12.7. The largest absolute Gasteiger partial charge is 0.468 e. The molecule has 0 spiro atoms. The van der Waals surface area contributed by atoms with Gasteiger partial charge in [-0.15, -0.1) is 11.3 Å². The number of ether oxygens (including phenoxy) is 2. The first-order chi connectivity index (χ1) is 11.5. The van der Waals surface area contributed by atoms with Gasteiger partial charge in [-0.1, -0.05) is 23.7 Å². The molecule has 128 valence electrons. The molecule has 0 aliphatic carbocycles. The molecule has 1 heterocycles. The Hall–Kier alpha value is -1.96. The van der Waals surface area contributed by atoms with E-state index >= 15 is 0 Å². The molecule has 1 aromatic heterocycles. The highest BCUT2D eigenvalue weighted by atomic mass is 35.5. The van der Waals surface area contributed by atoms with Gasteiger partial charge >= 0.3 is 5.97 Å². The van der Waals surface area contributed by atoms with Crippen molar-refractivity contribution in [1.29, 1.82) is 0 Å². The smallest absolute Gasteiger partial charge is 0.325 e. The van der Waals surface area contributed by atoms with Crippen molar-refractivity contribution in [2.24, 2.45) is 0 Å². The van der Waals surface area contributed by atoms with E-state index in [0.717, 1.165) is 5.56 Å². The molecule has 0 unspecified atom stereocenters. The summed E-state index contributed by atoms with van der Waals surface area (Å²) >= 11 is 7.21. The predicted octanol–water partition coefficient (Wildman–Crippen LogP) is 2.76. The summed E-state index contributed by atoms with van der Waals surface area (Å²) in [4.78, 5) is 29.9. The minimum atomic E-state index is -0.496. The van der Waals surface area contributed by atoms with Crippen LogP contribution in [0.4, 0.5) is 0 Å². The summed E-state index contributed by atoms with van der Waals surface area (Å²) < 4.78 is 9.68. The number of amides is 1. The van der Waals surface area contributed by atoms with E-state index in [9.17, 15) is 9.59 Å². The predicted molar refractivity (Wildman–Crippen MR) is 91.0 cm³/mol. The van der Waals surface area contributed by atoms with Crippen molar-refractivity contribution in [2.45, 2.75) is 13.2 Å². The molecule has 2 rings (SSSR count). The second kappa shape index (κ2) is 8.77. The van der Waals surface area contributed by atoms with Crippen molar-refractivity contribution in [2.75, 3.05) is 20.8 Å². The molecule has 8 heteroatoms. The van der Waals surface area contributed by atoms with Crippen molar-refractivity contribution in [3.05, 3.63) is 50.9 Å². The molecule has 0 atom stereocenters. The fourth-order valence-corrected chi connectivity index (χ4v) is 2.86. The fraction of sp³-hybridized carbons (Fsp3) is 0.312. The Balaban J connectivity index is 2.18. The van der Waals surface area contributed by atoms with Crippen molar-refractivity contribution >= 4 is 34.8 Å². The van der Waals surface area contributed by atoms with Gasteiger partial charge in [-0.05, 0) is 17.7 Å². The molecule has 0 N–H and O–H groups in total.